The number of nitrogens with one attached hydrogen (secondary N) is 1. The minimum Gasteiger partial charge on any atom is -0.396 e. The van der Waals surface area contributed by atoms with Crippen LogP contribution in [0.4, 0.5) is 0 Å². The highest BCUT2D eigenvalue weighted by atomic mass is 79.9. The lowest BCUT2D eigenvalue weighted by atomic mass is 10.0. The van der Waals surface area contributed by atoms with E-state index in [1.54, 1.807) is 0 Å². The Labute approximate surface area is 116 Å². The van der Waals surface area contributed by atoms with E-state index in [9.17, 15) is 9.90 Å². The highest BCUT2D eigenvalue weighted by Gasteiger charge is 2.28. The van der Waals surface area contributed by atoms with Crippen LogP contribution in [0.2, 0.25) is 0 Å². The molecule has 98 valence electrons. The Kier molecular flexibility index (Phi) is 4.40. The van der Waals surface area contributed by atoms with Gasteiger partial charge in [-0.25, -0.2) is 0 Å². The Morgan fingerprint density at radius 2 is 2.28 bits per heavy atom. The maximum Gasteiger partial charge on any atom is 0.252 e. The van der Waals surface area contributed by atoms with Crippen molar-refractivity contribution in [2.24, 2.45) is 5.92 Å². The van der Waals surface area contributed by atoms with Crippen LogP contribution in [0.25, 0.3) is 0 Å². The fraction of sp³-hybridized carbons (Fsp3) is 0.500. The Bertz CT molecular complexity index is 447. The predicted octanol–water partition coefficient (Wildman–Crippen LogP) is 2.65. The summed E-state index contributed by atoms with van der Waals surface area (Å²) in [7, 11) is 0. The van der Waals surface area contributed by atoms with E-state index >= 15 is 0 Å². The molecule has 2 N–H and O–H groups in total. The van der Waals surface area contributed by atoms with Crippen LogP contribution in [0.1, 0.15) is 35.2 Å². The highest BCUT2D eigenvalue weighted by molar-refractivity contribution is 9.10. The van der Waals surface area contributed by atoms with Gasteiger partial charge in [-0.3, -0.25) is 4.79 Å². The standard InChI is InChI=1S/C14H18BrNO2/c1-9-4-2-6-11(13(9)15)14(18)16-12-7-3-5-10(12)8-17/h2,4,6,10,12,17H,3,5,7-8H2,1H3,(H,16,18). The van der Waals surface area contributed by atoms with Crippen LogP contribution < -0.4 is 5.32 Å². The number of hydrogen-bond acceptors (Lipinski definition) is 2. The summed E-state index contributed by atoms with van der Waals surface area (Å²) in [5.41, 5.74) is 1.71. The van der Waals surface area contributed by atoms with E-state index in [0.717, 1.165) is 29.3 Å². The summed E-state index contributed by atoms with van der Waals surface area (Å²) in [5, 5.41) is 12.3. The molecule has 1 aliphatic rings. The van der Waals surface area contributed by atoms with E-state index in [0.29, 0.717) is 5.56 Å². The monoisotopic (exact) mass is 311 g/mol. The smallest absolute Gasteiger partial charge is 0.252 e. The van der Waals surface area contributed by atoms with Crippen molar-refractivity contribution in [3.8, 4) is 0 Å². The largest absolute Gasteiger partial charge is 0.396 e. The minimum absolute atomic E-state index is 0.0593. The van der Waals surface area contributed by atoms with Gasteiger partial charge in [-0.05, 0) is 47.3 Å². The zero-order valence-corrected chi connectivity index (χ0v) is 12.0. The van der Waals surface area contributed by atoms with E-state index in [4.69, 9.17) is 0 Å². The van der Waals surface area contributed by atoms with Crippen molar-refractivity contribution in [2.75, 3.05) is 6.61 Å². The third kappa shape index (κ3) is 2.75. The number of halogens is 1. The molecule has 1 saturated carbocycles. The van der Waals surface area contributed by atoms with Gasteiger partial charge in [-0.1, -0.05) is 18.6 Å². The molecular weight excluding hydrogens is 294 g/mol. The summed E-state index contributed by atoms with van der Waals surface area (Å²) in [5.74, 6) is 0.147. The molecule has 0 bridgehead atoms. The quantitative estimate of drug-likeness (QED) is 0.901. The molecule has 0 saturated heterocycles. The molecular formula is C14H18BrNO2. The second kappa shape index (κ2) is 5.85. The molecule has 1 fully saturated rings. The zero-order valence-electron chi connectivity index (χ0n) is 10.4. The summed E-state index contributed by atoms with van der Waals surface area (Å²) < 4.78 is 0.848. The number of hydrogen-bond donors (Lipinski definition) is 2. The third-order valence-electron chi connectivity index (χ3n) is 3.65. The molecule has 4 heteroatoms. The van der Waals surface area contributed by atoms with E-state index in [1.165, 1.54) is 0 Å². The molecule has 1 aliphatic carbocycles. The van der Waals surface area contributed by atoms with Crippen LogP contribution in [-0.2, 0) is 0 Å². The van der Waals surface area contributed by atoms with Crippen LogP contribution in [0.15, 0.2) is 22.7 Å². The lowest BCUT2D eigenvalue weighted by Gasteiger charge is -2.19. The molecule has 0 heterocycles. The van der Waals surface area contributed by atoms with Crippen LogP contribution in [-0.4, -0.2) is 23.7 Å². The number of carbonyl (C=O) groups excluding carboxylic acids is 1. The number of amides is 1. The molecule has 0 radical (unpaired) electrons. The number of aryl methyl sites for hydroxylation is 1. The van der Waals surface area contributed by atoms with E-state index in [-0.39, 0.29) is 24.5 Å². The summed E-state index contributed by atoms with van der Waals surface area (Å²) in [6.45, 7) is 2.12. The second-order valence-electron chi connectivity index (χ2n) is 4.89. The lowest BCUT2D eigenvalue weighted by Crippen LogP contribution is -2.38. The minimum atomic E-state index is -0.0593. The molecule has 3 nitrogen and oxygen atoms in total. The molecule has 2 unspecified atom stereocenters. The Morgan fingerprint density at radius 1 is 1.50 bits per heavy atom. The Balaban J connectivity index is 2.10. The van der Waals surface area contributed by atoms with Gasteiger partial charge in [0, 0.05) is 23.0 Å². The van der Waals surface area contributed by atoms with Crippen LogP contribution in [0.3, 0.4) is 0 Å². The van der Waals surface area contributed by atoms with Crippen LogP contribution in [0.5, 0.6) is 0 Å². The van der Waals surface area contributed by atoms with Crippen molar-refractivity contribution < 1.29 is 9.90 Å². The van der Waals surface area contributed by atoms with Crippen molar-refractivity contribution in [3.05, 3.63) is 33.8 Å². The number of benzene rings is 1. The van der Waals surface area contributed by atoms with E-state index < -0.39 is 0 Å². The molecule has 1 aromatic rings. The maximum absolute atomic E-state index is 12.2. The van der Waals surface area contributed by atoms with Gasteiger partial charge >= 0.3 is 0 Å². The van der Waals surface area contributed by atoms with Crippen molar-refractivity contribution in [1.82, 2.24) is 5.32 Å². The van der Waals surface area contributed by atoms with Gasteiger partial charge in [0.1, 0.15) is 0 Å². The summed E-state index contributed by atoms with van der Waals surface area (Å²) in [6, 6.07) is 5.77. The topological polar surface area (TPSA) is 49.3 Å². The first-order valence-electron chi connectivity index (χ1n) is 6.30. The first kappa shape index (κ1) is 13.6. The Hall–Kier alpha value is -0.870. The van der Waals surface area contributed by atoms with Crippen molar-refractivity contribution >= 4 is 21.8 Å². The lowest BCUT2D eigenvalue weighted by molar-refractivity contribution is 0.0915. The molecule has 2 rings (SSSR count). The van der Waals surface area contributed by atoms with Gasteiger partial charge in [0.05, 0.1) is 5.56 Å². The fourth-order valence-corrected chi connectivity index (χ4v) is 2.96. The van der Waals surface area contributed by atoms with E-state index in [2.05, 4.69) is 21.2 Å². The molecule has 1 aromatic carbocycles. The first-order chi connectivity index (χ1) is 8.63. The summed E-state index contributed by atoms with van der Waals surface area (Å²) in [6.07, 6.45) is 3.03. The summed E-state index contributed by atoms with van der Waals surface area (Å²) in [4.78, 5) is 12.2. The molecule has 1 amide bonds. The van der Waals surface area contributed by atoms with E-state index in [1.807, 2.05) is 25.1 Å². The zero-order chi connectivity index (χ0) is 13.1. The van der Waals surface area contributed by atoms with Crippen molar-refractivity contribution in [2.45, 2.75) is 32.2 Å². The Morgan fingerprint density at radius 3 is 3.00 bits per heavy atom. The molecule has 2 atom stereocenters. The number of rotatable bonds is 3. The number of aliphatic hydroxyl groups is 1. The first-order valence-corrected chi connectivity index (χ1v) is 7.09. The maximum atomic E-state index is 12.2. The van der Waals surface area contributed by atoms with Gasteiger partial charge < -0.3 is 10.4 Å². The highest BCUT2D eigenvalue weighted by Crippen LogP contribution is 2.26. The van der Waals surface area contributed by atoms with Crippen LogP contribution >= 0.6 is 15.9 Å². The summed E-state index contributed by atoms with van der Waals surface area (Å²) >= 11 is 3.45. The predicted molar refractivity (Wildman–Crippen MR) is 74.6 cm³/mol. The normalized spacial score (nSPS) is 23.1. The molecule has 0 aliphatic heterocycles. The van der Waals surface area contributed by atoms with Crippen LogP contribution in [0, 0.1) is 12.8 Å². The fourth-order valence-electron chi connectivity index (χ4n) is 2.51. The number of carbonyl (C=O) groups is 1. The molecule has 0 aromatic heterocycles. The van der Waals surface area contributed by atoms with Gasteiger partial charge in [-0.15, -0.1) is 0 Å². The van der Waals surface area contributed by atoms with Gasteiger partial charge in [0.15, 0.2) is 0 Å². The SMILES string of the molecule is Cc1cccc(C(=O)NC2CCCC2CO)c1Br. The second-order valence-corrected chi connectivity index (χ2v) is 5.68. The molecule has 18 heavy (non-hydrogen) atoms. The molecule has 0 spiro atoms. The van der Waals surface area contributed by atoms with Crippen molar-refractivity contribution in [1.29, 1.82) is 0 Å². The van der Waals surface area contributed by atoms with Gasteiger partial charge in [-0.2, -0.15) is 0 Å². The average Bonchev–Trinajstić information content (AvgIpc) is 2.79. The average molecular weight is 312 g/mol. The third-order valence-corrected chi connectivity index (χ3v) is 4.70. The van der Waals surface area contributed by atoms with Gasteiger partial charge in [0.25, 0.3) is 5.91 Å². The number of aliphatic hydroxyl groups excluding tert-OH is 1. The van der Waals surface area contributed by atoms with Gasteiger partial charge in [0.2, 0.25) is 0 Å². The van der Waals surface area contributed by atoms with Crippen molar-refractivity contribution in [3.63, 3.8) is 0 Å².